The molecular weight excluding hydrogens is 1060 g/mol. The van der Waals surface area contributed by atoms with Gasteiger partial charge in [0, 0.05) is 13.3 Å². The zero-order valence-electron chi connectivity index (χ0n) is 42.9. The number of hydrogen-bond donors (Lipinski definition) is 2. The molecule has 406 valence electrons. The van der Waals surface area contributed by atoms with Crippen molar-refractivity contribution in [2.75, 3.05) is 34.5 Å². The average Bonchev–Trinajstić information content (AvgIpc) is 4.19. The lowest BCUT2D eigenvalue weighted by Crippen LogP contribution is -2.47. The number of benzene rings is 6. The SMILES string of the molecule is COC(=O)[C@H](Cc1ccc(OC[C@H](COS(=O)(=O)c2ccc(C)cc2)OC(C)=O)cc1)NC(=O)Cn1cc(COc2ccc3nc(S(=O)(=O)NC(c4ccccc4)(c4ccc(OC)cc4)c4ccc(OC)cc4)sc3c2)nn1. The fourth-order valence-electron chi connectivity index (χ4n) is 8.18. The summed E-state index contributed by atoms with van der Waals surface area (Å²) >= 11 is 0.975. The first-order valence-corrected chi connectivity index (χ1v) is 27.7. The summed E-state index contributed by atoms with van der Waals surface area (Å²) < 4.78 is 97.5. The molecule has 78 heavy (non-hydrogen) atoms. The van der Waals surface area contributed by atoms with Crippen LogP contribution in [-0.2, 0) is 73.3 Å². The number of amides is 1. The van der Waals surface area contributed by atoms with Gasteiger partial charge in [0.15, 0.2) is 6.10 Å². The van der Waals surface area contributed by atoms with E-state index in [0.717, 1.165) is 16.9 Å². The summed E-state index contributed by atoms with van der Waals surface area (Å²) in [6, 6.07) is 40.2. The quantitative estimate of drug-likeness (QED) is 0.0344. The summed E-state index contributed by atoms with van der Waals surface area (Å²) in [7, 11) is -4.15. The predicted molar refractivity (Wildman–Crippen MR) is 286 cm³/mol. The molecule has 2 aromatic heterocycles. The van der Waals surface area contributed by atoms with Crippen LogP contribution in [0.3, 0.4) is 0 Å². The number of hydrogen-bond acceptors (Lipinski definition) is 18. The van der Waals surface area contributed by atoms with E-state index in [4.69, 9.17) is 32.6 Å². The molecule has 23 heteroatoms. The summed E-state index contributed by atoms with van der Waals surface area (Å²) in [6.45, 7) is 1.93. The number of methoxy groups -OCH3 is 3. The molecule has 0 radical (unpaired) electrons. The Hall–Kier alpha value is -8.22. The predicted octanol–water partition coefficient (Wildman–Crippen LogP) is 6.68. The standard InChI is InChI=1S/C55H54N6O14S3/c1-36-11-26-48(27-12-36)78(67,68)74-35-47(75-37(2)62)34-73-45-19-13-38(14-20-45)29-50(53(64)71-5)56-52(63)32-61-31-42(58-60-61)33-72-46-25-28-49-51(30-46)76-54(57-49)77(65,66)59-55(39-9-7-6-8-10-39,40-15-21-43(69-3)22-16-40)41-17-23-44(70-4)24-18-41/h6-28,30-31,47,50,59H,29,32-35H2,1-5H3,(H,56,63)/t47-,50+/m1/s1. The van der Waals surface area contributed by atoms with Gasteiger partial charge in [0.25, 0.3) is 20.1 Å². The van der Waals surface area contributed by atoms with E-state index in [9.17, 15) is 31.2 Å². The van der Waals surface area contributed by atoms with Crippen LogP contribution in [0.2, 0.25) is 0 Å². The minimum Gasteiger partial charge on any atom is -0.497 e. The summed E-state index contributed by atoms with van der Waals surface area (Å²) in [5, 5.41) is 10.9. The molecule has 0 fully saturated rings. The van der Waals surface area contributed by atoms with Crippen molar-refractivity contribution in [2.45, 2.75) is 60.3 Å². The van der Waals surface area contributed by atoms with Crippen molar-refractivity contribution >= 4 is 59.5 Å². The van der Waals surface area contributed by atoms with Crippen molar-refractivity contribution < 1.29 is 63.8 Å². The number of ether oxygens (including phenoxy) is 6. The van der Waals surface area contributed by atoms with Crippen LogP contribution in [0.5, 0.6) is 23.0 Å². The van der Waals surface area contributed by atoms with E-state index in [1.165, 1.54) is 37.0 Å². The monoisotopic (exact) mass is 1120 g/mol. The lowest BCUT2D eigenvalue weighted by molar-refractivity contribution is -0.149. The fourth-order valence-corrected chi connectivity index (χ4v) is 11.7. The van der Waals surface area contributed by atoms with Crippen LogP contribution in [0, 0.1) is 6.92 Å². The maximum absolute atomic E-state index is 14.6. The van der Waals surface area contributed by atoms with Crippen LogP contribution < -0.4 is 29.0 Å². The van der Waals surface area contributed by atoms with E-state index in [-0.39, 0.29) is 35.4 Å². The zero-order valence-corrected chi connectivity index (χ0v) is 45.3. The normalized spacial score (nSPS) is 12.5. The molecule has 0 aliphatic carbocycles. The van der Waals surface area contributed by atoms with Crippen molar-refractivity contribution in [3.8, 4) is 23.0 Å². The van der Waals surface area contributed by atoms with Gasteiger partial charge in [-0.3, -0.25) is 13.8 Å². The van der Waals surface area contributed by atoms with Crippen LogP contribution in [0.1, 0.15) is 40.4 Å². The van der Waals surface area contributed by atoms with Crippen LogP contribution in [0.25, 0.3) is 10.2 Å². The smallest absolute Gasteiger partial charge is 0.328 e. The number of sulfonamides is 1. The minimum absolute atomic E-state index is 0.0457. The molecule has 8 rings (SSSR count). The second-order valence-electron chi connectivity index (χ2n) is 17.6. The number of aromatic nitrogens is 4. The number of carbonyl (C=O) groups excluding carboxylic acids is 3. The number of rotatable bonds is 25. The van der Waals surface area contributed by atoms with Gasteiger partial charge in [0.1, 0.15) is 66.6 Å². The number of aryl methyl sites for hydroxylation is 1. The van der Waals surface area contributed by atoms with E-state index < -0.39 is 62.3 Å². The zero-order chi connectivity index (χ0) is 55.5. The van der Waals surface area contributed by atoms with E-state index in [2.05, 4.69) is 25.3 Å². The maximum atomic E-state index is 14.6. The maximum Gasteiger partial charge on any atom is 0.328 e. The highest BCUT2D eigenvalue weighted by Gasteiger charge is 2.42. The minimum atomic E-state index is -4.34. The van der Waals surface area contributed by atoms with Crippen LogP contribution in [0.4, 0.5) is 0 Å². The van der Waals surface area contributed by atoms with Gasteiger partial charge in [-0.1, -0.05) is 89.6 Å². The summed E-state index contributed by atoms with van der Waals surface area (Å²) in [6.07, 6.45) is 0.501. The van der Waals surface area contributed by atoms with Crippen LogP contribution >= 0.6 is 11.3 Å². The van der Waals surface area contributed by atoms with Gasteiger partial charge in [-0.25, -0.2) is 22.9 Å². The molecule has 0 bridgehead atoms. The molecule has 0 unspecified atom stereocenters. The average molecular weight is 1120 g/mol. The second-order valence-corrected chi connectivity index (χ2v) is 22.1. The Bertz CT molecular complexity index is 3530. The molecular formula is C55H54N6O14S3. The lowest BCUT2D eigenvalue weighted by Gasteiger charge is -2.36. The molecule has 2 N–H and O–H groups in total. The number of fused-ring (bicyclic) bond motifs is 1. The Morgan fingerprint density at radius 1 is 0.718 bits per heavy atom. The third-order valence-electron chi connectivity index (χ3n) is 12.1. The molecule has 0 aliphatic rings. The van der Waals surface area contributed by atoms with Crippen molar-refractivity contribution in [3.63, 3.8) is 0 Å². The number of esters is 2. The molecule has 0 spiro atoms. The highest BCUT2D eigenvalue weighted by atomic mass is 32.2. The number of nitrogens with one attached hydrogen (secondary N) is 2. The molecule has 6 aromatic carbocycles. The van der Waals surface area contributed by atoms with Gasteiger partial charge in [0.2, 0.25) is 10.2 Å². The Balaban J connectivity index is 0.877. The molecule has 0 saturated heterocycles. The molecule has 0 aliphatic heterocycles. The van der Waals surface area contributed by atoms with Gasteiger partial charge in [-0.2, -0.15) is 13.1 Å². The van der Waals surface area contributed by atoms with Crippen LogP contribution in [0.15, 0.2) is 161 Å². The highest BCUT2D eigenvalue weighted by Crippen LogP contribution is 2.41. The molecule has 20 nitrogen and oxygen atoms in total. The van der Waals surface area contributed by atoms with Crippen LogP contribution in [-0.4, -0.2) is 101 Å². The van der Waals surface area contributed by atoms with Gasteiger partial charge in [-0.15, -0.1) is 16.4 Å². The Labute approximate surface area is 454 Å². The number of nitrogens with zero attached hydrogens (tertiary/aromatic N) is 4. The molecule has 8 aromatic rings. The van der Waals surface area contributed by atoms with Gasteiger partial charge >= 0.3 is 11.9 Å². The molecule has 0 saturated carbocycles. The van der Waals surface area contributed by atoms with E-state index in [1.54, 1.807) is 93.1 Å². The molecule has 2 heterocycles. The first-order chi connectivity index (χ1) is 37.5. The number of thiazole rings is 1. The topological polar surface area (TPSA) is 252 Å². The first-order valence-electron chi connectivity index (χ1n) is 24.0. The van der Waals surface area contributed by atoms with Gasteiger partial charge < -0.3 is 33.7 Å². The third-order valence-corrected chi connectivity index (χ3v) is 16.2. The van der Waals surface area contributed by atoms with Crippen molar-refractivity contribution in [1.29, 1.82) is 0 Å². The third kappa shape index (κ3) is 13.8. The van der Waals surface area contributed by atoms with Gasteiger partial charge in [0.05, 0.1) is 42.6 Å². The highest BCUT2D eigenvalue weighted by molar-refractivity contribution is 7.91. The first kappa shape index (κ1) is 56.0. The Kier molecular flexibility index (Phi) is 17.8. The summed E-state index contributed by atoms with van der Waals surface area (Å²) in [5.74, 6) is 0.0311. The largest absolute Gasteiger partial charge is 0.497 e. The van der Waals surface area contributed by atoms with E-state index in [0.29, 0.717) is 61.2 Å². The Morgan fingerprint density at radius 2 is 1.33 bits per heavy atom. The second kappa shape index (κ2) is 24.8. The molecule has 2 atom stereocenters. The molecule has 1 amide bonds. The number of carbonyl (C=O) groups is 3. The van der Waals surface area contributed by atoms with Crippen molar-refractivity contribution in [3.05, 3.63) is 185 Å². The van der Waals surface area contributed by atoms with E-state index in [1.807, 2.05) is 61.5 Å². The van der Waals surface area contributed by atoms with E-state index >= 15 is 0 Å². The fraction of sp³-hybridized carbons (Fsp3) is 0.236. The summed E-state index contributed by atoms with van der Waals surface area (Å²) in [5.41, 5.74) is 2.80. The Morgan fingerprint density at radius 3 is 1.95 bits per heavy atom. The van der Waals surface area contributed by atoms with Crippen molar-refractivity contribution in [2.24, 2.45) is 0 Å². The van der Waals surface area contributed by atoms with Gasteiger partial charge in [-0.05, 0) is 95.9 Å². The van der Waals surface area contributed by atoms with Crippen molar-refractivity contribution in [1.82, 2.24) is 30.0 Å². The lowest BCUT2D eigenvalue weighted by atomic mass is 9.78. The summed E-state index contributed by atoms with van der Waals surface area (Å²) in [4.78, 5) is 42.3.